The Morgan fingerprint density at radius 2 is 1.55 bits per heavy atom. The van der Waals surface area contributed by atoms with Crippen LogP contribution in [0, 0.1) is 0 Å². The lowest BCUT2D eigenvalue weighted by molar-refractivity contribution is -0.327. The fraction of sp³-hybridized carbons (Fsp3) is 0.727. The van der Waals surface area contributed by atoms with Gasteiger partial charge in [0.05, 0.1) is 6.61 Å². The first kappa shape index (κ1) is 19.2. The largest absolute Gasteiger partial charge is 0.596 e. The van der Waals surface area contributed by atoms with Gasteiger partial charge in [-0.15, -0.1) is 0 Å². The number of carbonyl (C=O) groups is 1. The van der Waals surface area contributed by atoms with Gasteiger partial charge in [0.2, 0.25) is 0 Å². The Kier molecular flexibility index (Phi) is 8.81. The highest BCUT2D eigenvalue weighted by Gasteiger charge is 2.65. The van der Waals surface area contributed by atoms with Gasteiger partial charge in [-0.2, -0.15) is 0 Å². The lowest BCUT2D eigenvalue weighted by Gasteiger charge is -2.39. The van der Waals surface area contributed by atoms with E-state index in [1.807, 2.05) is 0 Å². The van der Waals surface area contributed by atoms with Crippen molar-refractivity contribution in [1.82, 2.24) is 0 Å². The summed E-state index contributed by atoms with van der Waals surface area (Å²) in [4.78, 5) is 10.9. The summed E-state index contributed by atoms with van der Waals surface area (Å²) in [5.41, 5.74) is -1.61. The number of ether oxygens (including phenoxy) is 4. The molecule has 0 atom stereocenters. The molecule has 0 unspecified atom stereocenters. The van der Waals surface area contributed by atoms with Crippen molar-refractivity contribution in [1.29, 1.82) is 0 Å². The average molecular weight is 310 g/mol. The van der Waals surface area contributed by atoms with Gasteiger partial charge in [-0.3, -0.25) is 0 Å². The molecule has 8 nitrogen and oxygen atoms in total. The number of methoxy groups -OCH3 is 3. The van der Waals surface area contributed by atoms with Crippen LogP contribution in [0.15, 0.2) is 12.7 Å². The highest BCUT2D eigenvalue weighted by Crippen LogP contribution is 2.28. The number of rotatable bonds is 11. The molecule has 0 aromatic heterocycles. The number of esters is 1. The van der Waals surface area contributed by atoms with E-state index in [0.29, 0.717) is 0 Å². The fourth-order valence-electron chi connectivity index (χ4n) is 1.54. The molecule has 118 valence electrons. The highest BCUT2D eigenvalue weighted by molar-refractivity contribution is 6.63. The van der Waals surface area contributed by atoms with Crippen molar-refractivity contribution in [2.24, 2.45) is 0 Å². The fourth-order valence-corrected chi connectivity index (χ4v) is 3.72. The number of hydrogen-bond acceptors (Lipinski definition) is 8. The average Bonchev–Trinajstić information content (AvgIpc) is 2.51. The maximum absolute atomic E-state index is 10.9. The zero-order valence-electron chi connectivity index (χ0n) is 12.5. The molecule has 0 aromatic rings. The van der Waals surface area contributed by atoms with Gasteiger partial charge in [0, 0.05) is 41.6 Å². The molecule has 0 aliphatic carbocycles. The summed E-state index contributed by atoms with van der Waals surface area (Å²) < 4.78 is 36.6. The van der Waals surface area contributed by atoms with Crippen LogP contribution in [0.2, 0.25) is 0 Å². The summed E-state index contributed by atoms with van der Waals surface area (Å²) in [6.45, 7) is 3.30. The summed E-state index contributed by atoms with van der Waals surface area (Å²) in [6.07, 6.45) is 1.06. The summed E-state index contributed by atoms with van der Waals surface area (Å²) in [5.74, 6) is -0.549. The Labute approximate surface area is 119 Å². The van der Waals surface area contributed by atoms with E-state index < -0.39 is 20.4 Å². The van der Waals surface area contributed by atoms with Gasteiger partial charge in [-0.1, -0.05) is 6.58 Å². The molecule has 0 amide bonds. The van der Waals surface area contributed by atoms with Gasteiger partial charge >= 0.3 is 20.4 Å². The molecule has 20 heavy (non-hydrogen) atoms. The molecule has 0 saturated carbocycles. The Hall–Kier alpha value is -0.813. The number of hydrogen-bond donors (Lipinski definition) is 0. The molecule has 0 heterocycles. The normalized spacial score (nSPS) is 12.2. The van der Waals surface area contributed by atoms with Gasteiger partial charge < -0.3 is 32.2 Å². The van der Waals surface area contributed by atoms with E-state index in [9.17, 15) is 4.79 Å². The van der Waals surface area contributed by atoms with Crippen molar-refractivity contribution in [3.8, 4) is 0 Å². The van der Waals surface area contributed by atoms with Crippen molar-refractivity contribution in [2.75, 3.05) is 48.8 Å². The minimum absolute atomic E-state index is 0.000450. The van der Waals surface area contributed by atoms with Crippen LogP contribution in [0.1, 0.15) is 0 Å². The van der Waals surface area contributed by atoms with Crippen LogP contribution in [0.25, 0.3) is 0 Å². The van der Waals surface area contributed by atoms with E-state index >= 15 is 0 Å². The first-order valence-electron chi connectivity index (χ1n) is 5.70. The SMILES string of the molecule is C=CC(=O)OCCO[Si](OC)(OC)C(OC)(OC)OC. The third-order valence-corrected chi connectivity index (χ3v) is 5.53. The van der Waals surface area contributed by atoms with E-state index in [0.717, 1.165) is 6.08 Å². The Morgan fingerprint density at radius 1 is 1.05 bits per heavy atom. The van der Waals surface area contributed by atoms with Crippen LogP contribution in [0.3, 0.4) is 0 Å². The maximum Gasteiger partial charge on any atom is 0.596 e. The molecule has 0 fully saturated rings. The zero-order chi connectivity index (χ0) is 15.6. The van der Waals surface area contributed by atoms with Crippen LogP contribution >= 0.6 is 0 Å². The minimum atomic E-state index is -3.49. The maximum atomic E-state index is 10.9. The lowest BCUT2D eigenvalue weighted by Crippen LogP contribution is -2.67. The van der Waals surface area contributed by atoms with E-state index in [4.69, 9.17) is 32.2 Å². The second-order valence-corrected chi connectivity index (χ2v) is 6.18. The molecule has 0 rings (SSSR count). The van der Waals surface area contributed by atoms with Crippen molar-refractivity contribution in [3.63, 3.8) is 0 Å². The molecule has 0 bridgehead atoms. The molecule has 0 aromatic carbocycles. The van der Waals surface area contributed by atoms with Gasteiger partial charge in [-0.05, 0) is 0 Å². The molecule has 9 heteroatoms. The molecule has 0 aliphatic rings. The smallest absolute Gasteiger partial charge is 0.460 e. The minimum Gasteiger partial charge on any atom is -0.460 e. The van der Waals surface area contributed by atoms with Crippen molar-refractivity contribution in [3.05, 3.63) is 12.7 Å². The molecule has 0 N–H and O–H groups in total. The van der Waals surface area contributed by atoms with Gasteiger partial charge in [0.15, 0.2) is 0 Å². The van der Waals surface area contributed by atoms with Crippen molar-refractivity contribution in [2.45, 2.75) is 5.60 Å². The lowest BCUT2D eigenvalue weighted by atomic mass is 10.6. The first-order chi connectivity index (χ1) is 9.51. The third kappa shape index (κ3) is 4.09. The van der Waals surface area contributed by atoms with Crippen molar-refractivity contribution >= 4 is 14.8 Å². The van der Waals surface area contributed by atoms with Gasteiger partial charge in [0.25, 0.3) is 0 Å². The predicted octanol–water partition coefficient (Wildman–Crippen LogP) is 0.0961. The standard InChI is InChI=1S/C11H22O8Si/c1-7-10(12)18-8-9-19-20(16-5,17-6)11(13-2,14-3)15-4/h7H,1,8-9H2,2-6H3. The summed E-state index contributed by atoms with van der Waals surface area (Å²) in [6, 6.07) is 0. The van der Waals surface area contributed by atoms with Gasteiger partial charge in [0.1, 0.15) is 6.61 Å². The molecule has 0 aliphatic heterocycles. The Balaban J connectivity index is 4.83. The molecule has 0 radical (unpaired) electrons. The van der Waals surface area contributed by atoms with Crippen LogP contribution in [-0.2, 0) is 37.0 Å². The van der Waals surface area contributed by atoms with Crippen LogP contribution in [-0.4, -0.2) is 69.1 Å². The summed E-state index contributed by atoms with van der Waals surface area (Å²) in [5, 5.41) is 0. The second-order valence-electron chi connectivity index (χ2n) is 3.35. The molecular formula is C11H22O8Si. The molecular weight excluding hydrogens is 288 g/mol. The second kappa shape index (κ2) is 9.18. The highest BCUT2D eigenvalue weighted by atomic mass is 28.4. The van der Waals surface area contributed by atoms with Crippen molar-refractivity contribution < 1.29 is 37.0 Å². The van der Waals surface area contributed by atoms with Crippen LogP contribution in [0.4, 0.5) is 0 Å². The number of carbonyl (C=O) groups excluding carboxylic acids is 1. The third-order valence-electron chi connectivity index (χ3n) is 2.51. The van der Waals surface area contributed by atoms with E-state index in [-0.39, 0.29) is 13.2 Å². The van der Waals surface area contributed by atoms with E-state index in [2.05, 4.69) is 6.58 Å². The van der Waals surface area contributed by atoms with Gasteiger partial charge in [-0.25, -0.2) is 4.79 Å². The van der Waals surface area contributed by atoms with E-state index in [1.165, 1.54) is 35.5 Å². The quantitative estimate of drug-likeness (QED) is 0.175. The summed E-state index contributed by atoms with van der Waals surface area (Å²) >= 11 is 0. The summed E-state index contributed by atoms with van der Waals surface area (Å²) in [7, 11) is 3.39. The Bertz CT molecular complexity index is 293. The Morgan fingerprint density at radius 3 is 1.90 bits per heavy atom. The zero-order valence-corrected chi connectivity index (χ0v) is 13.5. The molecule has 0 saturated heterocycles. The topological polar surface area (TPSA) is 81.7 Å². The molecule has 0 spiro atoms. The first-order valence-corrected chi connectivity index (χ1v) is 7.42. The van der Waals surface area contributed by atoms with Crippen LogP contribution < -0.4 is 0 Å². The monoisotopic (exact) mass is 310 g/mol. The predicted molar refractivity (Wildman–Crippen MR) is 70.6 cm³/mol. The van der Waals surface area contributed by atoms with E-state index in [1.54, 1.807) is 0 Å². The van der Waals surface area contributed by atoms with Crippen LogP contribution in [0.5, 0.6) is 0 Å².